The molecule has 1 saturated carbocycles. The van der Waals surface area contributed by atoms with Crippen LogP contribution in [0, 0.1) is 15.5 Å². The molecule has 0 unspecified atom stereocenters. The number of nitrogens with zero attached hydrogens (tertiary/aromatic N) is 2. The minimum atomic E-state index is -0.491. The van der Waals surface area contributed by atoms with Gasteiger partial charge in [-0.05, 0) is 39.1 Å². The number of hydrogen-bond acceptors (Lipinski definition) is 5. The second kappa shape index (κ2) is 6.22. The fourth-order valence-electron chi connectivity index (χ4n) is 2.72. The van der Waals surface area contributed by atoms with Crippen molar-refractivity contribution in [2.75, 3.05) is 27.2 Å². The largest absolute Gasteiger partial charge is 0.461 e. The molecule has 1 aromatic rings. The maximum atomic E-state index is 12.0. The van der Waals surface area contributed by atoms with Crippen molar-refractivity contribution in [3.05, 3.63) is 39.9 Å². The van der Waals surface area contributed by atoms with Gasteiger partial charge in [0.25, 0.3) is 5.69 Å². The van der Waals surface area contributed by atoms with Crippen LogP contribution in [-0.4, -0.2) is 43.0 Å². The number of carbonyl (C=O) groups excluding carboxylic acids is 1. The van der Waals surface area contributed by atoms with Crippen molar-refractivity contribution in [3.63, 3.8) is 0 Å². The van der Waals surface area contributed by atoms with Crippen molar-refractivity contribution in [3.8, 4) is 0 Å². The molecule has 1 aromatic carbocycles. The molecule has 21 heavy (non-hydrogen) atoms. The van der Waals surface area contributed by atoms with E-state index in [9.17, 15) is 14.9 Å². The Kier molecular flexibility index (Phi) is 4.57. The Labute approximate surface area is 123 Å². The van der Waals surface area contributed by atoms with Crippen molar-refractivity contribution < 1.29 is 14.5 Å². The molecule has 1 aliphatic carbocycles. The molecule has 0 aromatic heterocycles. The zero-order valence-electron chi connectivity index (χ0n) is 12.4. The average Bonchev–Trinajstić information content (AvgIpc) is 2.41. The first kappa shape index (κ1) is 15.4. The minimum absolute atomic E-state index is 0.0328. The number of benzene rings is 1. The zero-order chi connectivity index (χ0) is 15.5. The van der Waals surface area contributed by atoms with Crippen LogP contribution in [0.1, 0.15) is 29.6 Å². The maximum absolute atomic E-state index is 12.0. The minimum Gasteiger partial charge on any atom is -0.461 e. The third kappa shape index (κ3) is 3.78. The van der Waals surface area contributed by atoms with Gasteiger partial charge in [-0.2, -0.15) is 0 Å². The Morgan fingerprint density at radius 3 is 2.38 bits per heavy atom. The Hall–Kier alpha value is -1.95. The van der Waals surface area contributed by atoms with Crippen LogP contribution in [0.3, 0.4) is 0 Å². The van der Waals surface area contributed by atoms with E-state index in [2.05, 4.69) is 4.90 Å². The summed E-state index contributed by atoms with van der Waals surface area (Å²) < 4.78 is 5.40. The average molecular weight is 292 g/mol. The first-order valence-electron chi connectivity index (χ1n) is 6.98. The molecule has 1 aliphatic rings. The topological polar surface area (TPSA) is 72.7 Å². The lowest BCUT2D eigenvalue weighted by atomic mass is 9.69. The third-order valence-electron chi connectivity index (χ3n) is 3.89. The van der Waals surface area contributed by atoms with Crippen LogP contribution in [0.15, 0.2) is 24.3 Å². The summed E-state index contributed by atoms with van der Waals surface area (Å²) in [6.07, 6.45) is 3.31. The van der Waals surface area contributed by atoms with E-state index in [1.807, 2.05) is 14.1 Å². The van der Waals surface area contributed by atoms with Crippen molar-refractivity contribution in [1.29, 1.82) is 0 Å². The van der Waals surface area contributed by atoms with Gasteiger partial charge in [0.15, 0.2) is 0 Å². The quantitative estimate of drug-likeness (QED) is 0.457. The fraction of sp³-hybridized carbons (Fsp3) is 0.533. The number of non-ortho nitro benzene ring substituents is 1. The normalized spacial score (nSPS) is 16.3. The highest BCUT2D eigenvalue weighted by atomic mass is 16.6. The van der Waals surface area contributed by atoms with Crippen molar-refractivity contribution in [2.45, 2.75) is 19.3 Å². The van der Waals surface area contributed by atoms with E-state index in [0.717, 1.165) is 19.4 Å². The van der Waals surface area contributed by atoms with E-state index in [1.165, 1.54) is 30.7 Å². The summed E-state index contributed by atoms with van der Waals surface area (Å²) in [6, 6.07) is 5.49. The molecule has 0 atom stereocenters. The SMILES string of the molecule is CN(C)CC1(COC(=O)c2ccc([N+](=O)[O-])cc2)CCC1. The number of carbonyl (C=O) groups is 1. The van der Waals surface area contributed by atoms with Gasteiger partial charge < -0.3 is 9.64 Å². The van der Waals surface area contributed by atoms with E-state index >= 15 is 0 Å². The zero-order valence-corrected chi connectivity index (χ0v) is 12.4. The van der Waals surface area contributed by atoms with Gasteiger partial charge in [-0.25, -0.2) is 4.79 Å². The molecule has 0 spiro atoms. The smallest absolute Gasteiger partial charge is 0.338 e. The van der Waals surface area contributed by atoms with Gasteiger partial charge in [0.05, 0.1) is 17.1 Å². The van der Waals surface area contributed by atoms with Crippen LogP contribution < -0.4 is 0 Å². The van der Waals surface area contributed by atoms with E-state index in [0.29, 0.717) is 12.2 Å². The number of nitro groups is 1. The van der Waals surface area contributed by atoms with E-state index < -0.39 is 10.9 Å². The van der Waals surface area contributed by atoms with E-state index in [4.69, 9.17) is 4.74 Å². The van der Waals surface area contributed by atoms with Crippen molar-refractivity contribution in [1.82, 2.24) is 4.90 Å². The summed E-state index contributed by atoms with van der Waals surface area (Å²) in [4.78, 5) is 24.2. The molecule has 0 saturated heterocycles. The van der Waals surface area contributed by atoms with Crippen LogP contribution in [0.2, 0.25) is 0 Å². The molecule has 6 nitrogen and oxygen atoms in total. The lowest BCUT2D eigenvalue weighted by Gasteiger charge is -2.43. The van der Waals surface area contributed by atoms with Gasteiger partial charge >= 0.3 is 5.97 Å². The number of esters is 1. The molecule has 6 heteroatoms. The predicted molar refractivity (Wildman–Crippen MR) is 78.2 cm³/mol. The van der Waals surface area contributed by atoms with Crippen LogP contribution in [0.4, 0.5) is 5.69 Å². The highest BCUT2D eigenvalue weighted by Gasteiger charge is 2.38. The van der Waals surface area contributed by atoms with E-state index in [1.54, 1.807) is 0 Å². The third-order valence-corrected chi connectivity index (χ3v) is 3.89. The lowest BCUT2D eigenvalue weighted by Crippen LogP contribution is -2.43. The van der Waals surface area contributed by atoms with Gasteiger partial charge in [0, 0.05) is 24.1 Å². The molecule has 1 fully saturated rings. The number of rotatable bonds is 6. The van der Waals surface area contributed by atoms with Crippen LogP contribution in [0.25, 0.3) is 0 Å². The van der Waals surface area contributed by atoms with Gasteiger partial charge in [-0.1, -0.05) is 6.42 Å². The first-order chi connectivity index (χ1) is 9.92. The summed E-state index contributed by atoms with van der Waals surface area (Å²) >= 11 is 0. The van der Waals surface area contributed by atoms with Crippen LogP contribution >= 0.6 is 0 Å². The molecular formula is C15H20N2O4. The molecule has 0 amide bonds. The van der Waals surface area contributed by atoms with Crippen LogP contribution in [-0.2, 0) is 4.74 Å². The second-order valence-corrected chi connectivity index (χ2v) is 5.97. The first-order valence-corrected chi connectivity index (χ1v) is 6.98. The highest BCUT2D eigenvalue weighted by Crippen LogP contribution is 2.41. The Morgan fingerprint density at radius 1 is 1.33 bits per heavy atom. The van der Waals surface area contributed by atoms with Gasteiger partial charge in [0.1, 0.15) is 0 Å². The molecule has 2 rings (SSSR count). The van der Waals surface area contributed by atoms with Crippen molar-refractivity contribution >= 4 is 11.7 Å². The van der Waals surface area contributed by atoms with Crippen molar-refractivity contribution in [2.24, 2.45) is 5.41 Å². The standard InChI is InChI=1S/C15H20N2O4/c1-16(2)10-15(8-3-9-15)11-21-14(18)12-4-6-13(7-5-12)17(19)20/h4-7H,3,8-11H2,1-2H3. The summed E-state index contributed by atoms with van der Waals surface area (Å²) in [7, 11) is 4.02. The second-order valence-electron chi connectivity index (χ2n) is 5.97. The van der Waals surface area contributed by atoms with Gasteiger partial charge in [-0.15, -0.1) is 0 Å². The maximum Gasteiger partial charge on any atom is 0.338 e. The Balaban J connectivity index is 1.93. The molecule has 0 bridgehead atoms. The molecule has 0 radical (unpaired) electrons. The Morgan fingerprint density at radius 2 is 1.95 bits per heavy atom. The molecule has 0 aliphatic heterocycles. The van der Waals surface area contributed by atoms with E-state index in [-0.39, 0.29) is 11.1 Å². The fourth-order valence-corrected chi connectivity index (χ4v) is 2.72. The summed E-state index contributed by atoms with van der Waals surface area (Å²) in [5.74, 6) is -0.421. The number of nitro benzene ring substituents is 1. The number of ether oxygens (including phenoxy) is 1. The van der Waals surface area contributed by atoms with Crippen LogP contribution in [0.5, 0.6) is 0 Å². The van der Waals surface area contributed by atoms with Gasteiger partial charge in [-0.3, -0.25) is 10.1 Å². The number of hydrogen-bond donors (Lipinski definition) is 0. The molecule has 0 N–H and O–H groups in total. The molecule has 0 heterocycles. The highest BCUT2D eigenvalue weighted by molar-refractivity contribution is 5.89. The molecule has 114 valence electrons. The predicted octanol–water partition coefficient (Wildman–Crippen LogP) is 2.48. The molecular weight excluding hydrogens is 272 g/mol. The summed E-state index contributed by atoms with van der Waals surface area (Å²) in [5.41, 5.74) is 0.384. The Bertz CT molecular complexity index is 521. The lowest BCUT2D eigenvalue weighted by molar-refractivity contribution is -0.384. The summed E-state index contributed by atoms with van der Waals surface area (Å²) in [5, 5.41) is 10.6. The monoisotopic (exact) mass is 292 g/mol. The summed E-state index contributed by atoms with van der Waals surface area (Å²) in [6.45, 7) is 1.31. The van der Waals surface area contributed by atoms with Gasteiger partial charge in [0.2, 0.25) is 0 Å².